The predicted molar refractivity (Wildman–Crippen MR) is 131 cm³/mol. The van der Waals surface area contributed by atoms with Gasteiger partial charge in [0.05, 0.1) is 10.3 Å². The first kappa shape index (κ1) is 24.1. The molecule has 4 rings (SSSR count). The number of nitrogens with two attached hydrogens (primary N) is 1. The summed E-state index contributed by atoms with van der Waals surface area (Å²) in [5.41, 5.74) is 6.42. The maximum Gasteiger partial charge on any atom is 0.412 e. The molecule has 2 aromatic carbocycles. The SMILES string of the molecule is CN(C(=O)NCc1cccc(F)c1Cl)C1(CN)SC1COC(=O)Nc1cc2ccccc2cn1. The van der Waals surface area contributed by atoms with Crippen molar-refractivity contribution in [2.45, 2.75) is 16.7 Å². The van der Waals surface area contributed by atoms with Crippen LogP contribution in [-0.2, 0) is 11.3 Å². The van der Waals surface area contributed by atoms with Gasteiger partial charge in [-0.25, -0.2) is 19.0 Å². The third kappa shape index (κ3) is 5.03. The van der Waals surface area contributed by atoms with Crippen LogP contribution in [0.4, 0.5) is 19.8 Å². The van der Waals surface area contributed by atoms with Gasteiger partial charge in [0.15, 0.2) is 0 Å². The van der Waals surface area contributed by atoms with Crippen molar-refractivity contribution in [1.82, 2.24) is 15.2 Å². The lowest BCUT2D eigenvalue weighted by Crippen LogP contribution is -2.50. The van der Waals surface area contributed by atoms with E-state index in [9.17, 15) is 14.0 Å². The molecule has 4 N–H and O–H groups in total. The number of pyridine rings is 1. The second-order valence-electron chi connectivity index (χ2n) is 7.73. The average Bonchev–Trinajstić information content (AvgIpc) is 3.57. The number of rotatable bonds is 7. The Morgan fingerprint density at radius 3 is 2.79 bits per heavy atom. The lowest BCUT2D eigenvalue weighted by Gasteiger charge is -2.27. The molecular weight excluding hydrogens is 481 g/mol. The number of fused-ring (bicyclic) bond motifs is 1. The number of amides is 3. The predicted octanol–water partition coefficient (Wildman–Crippen LogP) is 4.19. The fraction of sp³-hybridized carbons (Fsp3) is 0.261. The number of hydrogen-bond acceptors (Lipinski definition) is 6. The first-order chi connectivity index (χ1) is 16.3. The minimum atomic E-state index is -0.711. The van der Waals surface area contributed by atoms with E-state index >= 15 is 0 Å². The van der Waals surface area contributed by atoms with Crippen LogP contribution >= 0.6 is 23.4 Å². The molecule has 178 valence electrons. The first-order valence-electron chi connectivity index (χ1n) is 10.4. The molecule has 1 aromatic heterocycles. The molecule has 3 aromatic rings. The van der Waals surface area contributed by atoms with Crippen LogP contribution in [0.2, 0.25) is 5.02 Å². The largest absolute Gasteiger partial charge is 0.448 e. The number of ether oxygens (including phenoxy) is 1. The maximum absolute atomic E-state index is 13.6. The number of carbonyl (C=O) groups excluding carboxylic acids is 2. The Morgan fingerprint density at radius 2 is 2.03 bits per heavy atom. The highest BCUT2D eigenvalue weighted by Gasteiger charge is 2.59. The van der Waals surface area contributed by atoms with Crippen molar-refractivity contribution in [3.05, 3.63) is 71.1 Å². The summed E-state index contributed by atoms with van der Waals surface area (Å²) >= 11 is 7.37. The van der Waals surface area contributed by atoms with Crippen molar-refractivity contribution in [2.24, 2.45) is 5.73 Å². The Bertz CT molecular complexity index is 1230. The van der Waals surface area contributed by atoms with E-state index in [1.54, 1.807) is 25.4 Å². The van der Waals surface area contributed by atoms with Gasteiger partial charge in [0.1, 0.15) is 23.1 Å². The minimum absolute atomic E-state index is 0.0296. The van der Waals surface area contributed by atoms with Crippen molar-refractivity contribution >= 4 is 52.1 Å². The van der Waals surface area contributed by atoms with Gasteiger partial charge in [0.2, 0.25) is 0 Å². The molecule has 2 unspecified atom stereocenters. The van der Waals surface area contributed by atoms with Gasteiger partial charge >= 0.3 is 12.1 Å². The van der Waals surface area contributed by atoms with Crippen LogP contribution < -0.4 is 16.4 Å². The van der Waals surface area contributed by atoms with Gasteiger partial charge in [-0.1, -0.05) is 48.0 Å². The highest BCUT2D eigenvalue weighted by molar-refractivity contribution is 8.08. The van der Waals surface area contributed by atoms with Crippen molar-refractivity contribution in [1.29, 1.82) is 0 Å². The summed E-state index contributed by atoms with van der Waals surface area (Å²) in [4.78, 5) is 29.9. The highest BCUT2D eigenvalue weighted by atomic mass is 35.5. The van der Waals surface area contributed by atoms with Crippen molar-refractivity contribution < 1.29 is 18.7 Å². The lowest BCUT2D eigenvalue weighted by atomic mass is 10.2. The third-order valence-electron chi connectivity index (χ3n) is 5.65. The van der Waals surface area contributed by atoms with Crippen LogP contribution in [0.1, 0.15) is 5.56 Å². The summed E-state index contributed by atoms with van der Waals surface area (Å²) < 4.78 is 18.9. The number of likely N-dealkylation sites (N-methyl/N-ethyl adjacent to an activating group) is 1. The molecule has 1 fully saturated rings. The molecule has 2 atom stereocenters. The van der Waals surface area contributed by atoms with E-state index in [0.29, 0.717) is 11.4 Å². The molecule has 1 saturated heterocycles. The van der Waals surface area contributed by atoms with Gasteiger partial charge in [-0.05, 0) is 23.1 Å². The van der Waals surface area contributed by atoms with Crippen molar-refractivity contribution in [2.75, 3.05) is 25.5 Å². The maximum atomic E-state index is 13.6. The summed E-state index contributed by atoms with van der Waals surface area (Å²) in [6.07, 6.45) is 1.03. The molecule has 0 saturated carbocycles. The van der Waals surface area contributed by atoms with E-state index in [2.05, 4.69) is 15.6 Å². The molecule has 0 spiro atoms. The highest BCUT2D eigenvalue weighted by Crippen LogP contribution is 2.54. The number of hydrogen-bond donors (Lipinski definition) is 3. The lowest BCUT2D eigenvalue weighted by molar-refractivity contribution is 0.150. The Hall–Kier alpha value is -3.08. The van der Waals surface area contributed by atoms with Crippen molar-refractivity contribution in [3.63, 3.8) is 0 Å². The molecule has 8 nitrogen and oxygen atoms in total. The fourth-order valence-electron chi connectivity index (χ4n) is 3.58. The Balaban J connectivity index is 1.29. The second kappa shape index (κ2) is 10.0. The van der Waals surface area contributed by atoms with Gasteiger partial charge < -0.3 is 20.7 Å². The molecule has 0 bridgehead atoms. The number of thioether (sulfide) groups is 1. The van der Waals surface area contributed by atoms with E-state index in [-0.39, 0.29) is 30.0 Å². The van der Waals surface area contributed by atoms with Gasteiger partial charge in [0.25, 0.3) is 0 Å². The molecule has 3 amide bonds. The molecular formula is C23H23ClFN5O3S. The molecule has 2 heterocycles. The van der Waals surface area contributed by atoms with Crippen LogP contribution in [0.25, 0.3) is 10.8 Å². The number of nitrogens with zero attached hydrogens (tertiary/aromatic N) is 2. The van der Waals surface area contributed by atoms with E-state index < -0.39 is 22.8 Å². The summed E-state index contributed by atoms with van der Waals surface area (Å²) in [6, 6.07) is 13.4. The molecule has 1 aliphatic rings. The normalized spacial score (nSPS) is 18.9. The number of nitrogens with one attached hydrogen (secondary N) is 2. The number of halogens is 2. The number of benzene rings is 2. The number of urea groups is 1. The average molecular weight is 504 g/mol. The summed E-state index contributed by atoms with van der Waals surface area (Å²) in [5.74, 6) is -0.169. The zero-order valence-electron chi connectivity index (χ0n) is 18.3. The van der Waals surface area contributed by atoms with Crippen molar-refractivity contribution in [3.8, 4) is 0 Å². The Morgan fingerprint density at radius 1 is 1.26 bits per heavy atom. The molecule has 11 heteroatoms. The van der Waals surface area contributed by atoms with Crippen LogP contribution in [0.15, 0.2) is 54.7 Å². The first-order valence-corrected chi connectivity index (χ1v) is 11.7. The summed E-state index contributed by atoms with van der Waals surface area (Å²) in [6.45, 7) is 0.298. The number of carbonyl (C=O) groups is 2. The van der Waals surface area contributed by atoms with Crippen LogP contribution in [-0.4, -0.2) is 52.3 Å². The third-order valence-corrected chi connectivity index (χ3v) is 7.76. The zero-order valence-corrected chi connectivity index (χ0v) is 19.8. The second-order valence-corrected chi connectivity index (χ2v) is 9.62. The molecule has 1 aliphatic heterocycles. The number of aromatic nitrogens is 1. The van der Waals surface area contributed by atoms with Gasteiger partial charge in [0, 0.05) is 31.7 Å². The minimum Gasteiger partial charge on any atom is -0.448 e. The van der Waals surface area contributed by atoms with Gasteiger partial charge in [-0.3, -0.25) is 5.32 Å². The summed E-state index contributed by atoms with van der Waals surface area (Å²) in [7, 11) is 1.61. The summed E-state index contributed by atoms with van der Waals surface area (Å²) in [5, 5.41) is 7.02. The Kier molecular flexibility index (Phi) is 7.11. The zero-order chi connectivity index (χ0) is 24.3. The van der Waals surface area contributed by atoms with Crippen LogP contribution in [0, 0.1) is 5.82 Å². The fourth-order valence-corrected chi connectivity index (χ4v) is 4.99. The monoisotopic (exact) mass is 503 g/mol. The topological polar surface area (TPSA) is 110 Å². The van der Waals surface area contributed by atoms with Gasteiger partial charge in [-0.15, -0.1) is 11.8 Å². The number of anilines is 1. The van der Waals surface area contributed by atoms with Crippen LogP contribution in [0.5, 0.6) is 0 Å². The van der Waals surface area contributed by atoms with Gasteiger partial charge in [-0.2, -0.15) is 0 Å². The van der Waals surface area contributed by atoms with E-state index in [1.807, 2.05) is 24.3 Å². The van der Waals surface area contributed by atoms with E-state index in [1.165, 1.54) is 28.8 Å². The molecule has 0 radical (unpaired) electrons. The van der Waals surface area contributed by atoms with E-state index in [4.69, 9.17) is 22.1 Å². The molecule has 34 heavy (non-hydrogen) atoms. The van der Waals surface area contributed by atoms with Crippen LogP contribution in [0.3, 0.4) is 0 Å². The molecule has 0 aliphatic carbocycles. The quantitative estimate of drug-likeness (QED) is 0.417. The van der Waals surface area contributed by atoms with E-state index in [0.717, 1.165) is 10.8 Å². The Labute approximate surface area is 205 Å². The smallest absolute Gasteiger partial charge is 0.412 e. The standard InChI is InChI=1S/C23H23ClFN5O3S/c1-30(21(31)28-11-16-7-4-8-17(25)20(16)24)23(13-26)18(34-23)12-33-22(32)29-19-9-14-5-2-3-6-15(14)10-27-19/h2-10,18H,11-13,26H2,1H3,(H,28,31)(H,27,29,32).